The van der Waals surface area contributed by atoms with Crippen molar-refractivity contribution in [1.29, 1.82) is 0 Å². The van der Waals surface area contributed by atoms with Crippen molar-refractivity contribution in [2.75, 3.05) is 52.6 Å². The van der Waals surface area contributed by atoms with Gasteiger partial charge in [0.05, 0.1) is 35.3 Å². The second kappa shape index (κ2) is 42.2. The van der Waals surface area contributed by atoms with Crippen LogP contribution in [0.15, 0.2) is 303 Å². The topological polar surface area (TPSA) is 203 Å². The number of halogens is 7. The highest BCUT2D eigenvalue weighted by Crippen LogP contribution is 2.42. The second-order valence-electron chi connectivity index (χ2n) is 33.8. The lowest BCUT2D eigenvalue weighted by Crippen LogP contribution is -2.30. The van der Waals surface area contributed by atoms with Crippen LogP contribution in [0.4, 0.5) is 22.0 Å². The fourth-order valence-electron chi connectivity index (χ4n) is 16.5. The largest absolute Gasteiger partial charge is 0.472 e. The van der Waals surface area contributed by atoms with Crippen LogP contribution >= 0.6 is 34.2 Å². The molecule has 0 aliphatic carbocycles. The zero-order valence-electron chi connectivity index (χ0n) is 75.3. The number of hydrogen-bond donors (Lipinski definition) is 0. The van der Waals surface area contributed by atoms with Gasteiger partial charge in [0.15, 0.2) is 24.9 Å². The summed E-state index contributed by atoms with van der Waals surface area (Å²) in [5, 5.41) is 19.7. The lowest BCUT2D eigenvalue weighted by Gasteiger charge is -2.23. The van der Waals surface area contributed by atoms with Crippen LogP contribution in [0.5, 0.6) is 0 Å². The minimum absolute atomic E-state index is 0.00749. The van der Waals surface area contributed by atoms with Crippen LogP contribution < -0.4 is 0 Å². The van der Waals surface area contributed by atoms with Crippen LogP contribution in [0.1, 0.15) is 103 Å². The van der Waals surface area contributed by atoms with Gasteiger partial charge >= 0.3 is 0 Å². The molecule has 136 heavy (non-hydrogen) atoms. The molecule has 4 aliphatic rings. The third-order valence-corrected chi connectivity index (χ3v) is 25.1. The molecule has 0 saturated carbocycles. The highest BCUT2D eigenvalue weighted by molar-refractivity contribution is 14.1. The number of aromatic nitrogens is 8. The van der Waals surface area contributed by atoms with E-state index in [1.165, 1.54) is 70.8 Å². The molecule has 4 amide bonds. The van der Waals surface area contributed by atoms with Crippen molar-refractivity contribution in [3.63, 3.8) is 0 Å². The van der Waals surface area contributed by atoms with Gasteiger partial charge in [-0.3, -0.25) is 19.2 Å². The van der Waals surface area contributed by atoms with E-state index in [1.54, 1.807) is 144 Å². The summed E-state index contributed by atoms with van der Waals surface area (Å²) in [7, 11) is 0. The van der Waals surface area contributed by atoms with Gasteiger partial charge in [0.2, 0.25) is 0 Å². The average molecular weight is 1960 g/mol. The molecular weight excluding hydrogens is 1870 g/mol. The molecule has 0 radical (unpaired) electrons. The summed E-state index contributed by atoms with van der Waals surface area (Å²) in [5.41, 5.74) is 22.0. The van der Waals surface area contributed by atoms with E-state index >= 15 is 0 Å². The van der Waals surface area contributed by atoms with Crippen LogP contribution in [0, 0.1) is 74.2 Å². The predicted molar refractivity (Wildman–Crippen MR) is 516 cm³/mol. The molecule has 16 aromatic rings. The molecule has 11 aromatic carbocycles. The van der Waals surface area contributed by atoms with Crippen molar-refractivity contribution in [3.8, 4) is 67.8 Å². The van der Waals surface area contributed by atoms with Gasteiger partial charge in [0.1, 0.15) is 78.3 Å². The van der Waals surface area contributed by atoms with Gasteiger partial charge in [0.25, 0.3) is 23.6 Å². The summed E-state index contributed by atoms with van der Waals surface area (Å²) in [6.07, 6.45) is 11.1. The second-order valence-corrected chi connectivity index (χ2v) is 35.5. The molecule has 4 fully saturated rings. The van der Waals surface area contributed by atoms with Crippen LogP contribution in [-0.4, -0.2) is 135 Å². The maximum Gasteiger partial charge on any atom is 0.250 e. The Bertz CT molecular complexity index is 6700. The molecule has 4 aliphatic heterocycles. The number of carbonyl (C=O) groups is 4. The van der Waals surface area contributed by atoms with Crippen molar-refractivity contribution < 1.29 is 64.5 Å². The number of nitrogens with zero attached hydrogens (tertiary/aromatic N) is 12. The monoisotopic (exact) mass is 1960 g/mol. The van der Waals surface area contributed by atoms with Gasteiger partial charge in [-0.2, -0.15) is 20.4 Å². The number of ether oxygens (including phenoxy) is 4. The van der Waals surface area contributed by atoms with E-state index in [4.69, 9.17) is 55.4 Å². The Kier molecular flexibility index (Phi) is 29.1. The highest BCUT2D eigenvalue weighted by Gasteiger charge is 2.41. The van der Waals surface area contributed by atoms with Gasteiger partial charge in [0, 0.05) is 104 Å². The molecule has 20 rings (SSSR count). The first-order chi connectivity index (χ1) is 65.8. The van der Waals surface area contributed by atoms with E-state index in [2.05, 4.69) is 134 Å². The van der Waals surface area contributed by atoms with E-state index in [9.17, 15) is 41.1 Å². The maximum atomic E-state index is 13.9. The van der Waals surface area contributed by atoms with E-state index in [-0.39, 0.29) is 79.1 Å². The molecule has 28 heteroatoms. The molecule has 0 spiro atoms. The molecule has 21 nitrogen and oxygen atoms in total. The molecule has 690 valence electrons. The van der Waals surface area contributed by atoms with Gasteiger partial charge < -0.3 is 43.0 Å². The molecular formula is C108H95ClF5IN12O9. The first kappa shape index (κ1) is 93.7. The highest BCUT2D eigenvalue weighted by atomic mass is 127. The molecule has 5 aromatic heterocycles. The summed E-state index contributed by atoms with van der Waals surface area (Å²) in [6.45, 7) is 13.7. The van der Waals surface area contributed by atoms with Gasteiger partial charge in [-0.05, 0) is 287 Å². The van der Waals surface area contributed by atoms with Crippen molar-refractivity contribution in [2.45, 2.75) is 92.1 Å². The number of furan rings is 1. The average Bonchev–Trinajstić information content (AvgIpc) is 1.64. The van der Waals surface area contributed by atoms with Gasteiger partial charge in [-0.25, -0.2) is 40.7 Å². The molecule has 0 N–H and O–H groups in total. The number of hydrogen-bond acceptors (Lipinski definition) is 13. The van der Waals surface area contributed by atoms with Crippen molar-refractivity contribution in [3.05, 3.63) is 414 Å². The smallest absolute Gasteiger partial charge is 0.250 e. The van der Waals surface area contributed by atoms with Crippen LogP contribution in [0.25, 0.3) is 67.8 Å². The number of amides is 4. The first-order valence-corrected chi connectivity index (χ1v) is 45.9. The third kappa shape index (κ3) is 22.1. The number of rotatable bonds is 24. The lowest BCUT2D eigenvalue weighted by atomic mass is 10.1. The molecule has 0 bridgehead atoms. The minimum atomic E-state index is -0.636. The normalized spacial score (nSPS) is 15.8. The Hall–Kier alpha value is -14.1. The standard InChI is InChI=1S/C28H25F2N3O2.C27H23ClFN3O2.C27H23FIN3O2.C26H24FN3O3/c1-18-3-5-20(6-4-18)13-14-32-26(34)17-35-28(32)24-16-33(23-11-12-25(30)19(2)15-23)31-27(24)21-7-9-22(29)10-8-21;1-18-2-4-19(5-3-18)14-15-31-25(33)17-34-27(31)24-16-32(23-12-8-21(28)9-13-23)30-26(24)20-6-10-22(29)11-7-20;1-18-2-4-19(5-3-18)14-15-31-25(33)17-34-27(31)24-16-32(23-12-10-22(29)11-13-23)30-26(24)20-6-8-21(28)9-7-20;1-17-3-5-19(6-4-17)9-11-29-24(31)16-33-26(29)22-14-30(21-7-8-23(27)18(2)13-21)28-25(22)20-10-12-32-15-20/h3-12,15-16,28H,13-14,17H2,1-2H3;2*2-13,16,27H,14-15,17H2,1H3;3-8,10,12-15,26H,9,11,16H2,1-2H3. The zero-order valence-corrected chi connectivity index (χ0v) is 78.2. The van der Waals surface area contributed by atoms with Crippen molar-refractivity contribution in [1.82, 2.24) is 58.7 Å². The van der Waals surface area contributed by atoms with Crippen molar-refractivity contribution in [2.24, 2.45) is 0 Å². The molecule has 4 unspecified atom stereocenters. The first-order valence-electron chi connectivity index (χ1n) is 44.4. The summed E-state index contributed by atoms with van der Waals surface area (Å²) >= 11 is 8.31. The molecule has 4 atom stereocenters. The number of carbonyl (C=O) groups excluding carboxylic acids is 4. The van der Waals surface area contributed by atoms with Gasteiger partial charge in [-0.1, -0.05) is 131 Å². The molecule has 4 saturated heterocycles. The van der Waals surface area contributed by atoms with Gasteiger partial charge in [-0.15, -0.1) is 0 Å². The predicted octanol–water partition coefficient (Wildman–Crippen LogP) is 22.0. The van der Waals surface area contributed by atoms with E-state index in [0.29, 0.717) is 94.8 Å². The lowest BCUT2D eigenvalue weighted by molar-refractivity contribution is -0.128. The summed E-state index contributed by atoms with van der Waals surface area (Å²) < 4.78 is 106. The Balaban J connectivity index is 0.000000126. The van der Waals surface area contributed by atoms with Crippen LogP contribution in [-0.2, 0) is 63.8 Å². The van der Waals surface area contributed by atoms with E-state index < -0.39 is 24.9 Å². The van der Waals surface area contributed by atoms with E-state index in [1.807, 2.05) is 74.9 Å². The third-order valence-electron chi connectivity index (χ3n) is 24.1. The summed E-state index contributed by atoms with van der Waals surface area (Å²) in [6, 6.07) is 78.3. The number of benzene rings is 11. The molecule has 9 heterocycles. The van der Waals surface area contributed by atoms with E-state index in [0.717, 1.165) is 89.1 Å². The zero-order chi connectivity index (χ0) is 94.8. The Morgan fingerprint density at radius 3 is 0.860 bits per heavy atom. The quantitative estimate of drug-likeness (QED) is 0.0409. The van der Waals surface area contributed by atoms with Crippen LogP contribution in [0.2, 0.25) is 5.02 Å². The van der Waals surface area contributed by atoms with Crippen molar-refractivity contribution >= 4 is 57.8 Å². The van der Waals surface area contributed by atoms with Crippen LogP contribution in [0.3, 0.4) is 0 Å². The maximum absolute atomic E-state index is 13.9. The fraction of sp³-hybridized carbons (Fsp3) is 0.204. The fourth-order valence-corrected chi connectivity index (χ4v) is 17.0. The Labute approximate surface area is 802 Å². The number of aryl methyl sites for hydroxylation is 6. The Morgan fingerprint density at radius 2 is 0.588 bits per heavy atom. The summed E-state index contributed by atoms with van der Waals surface area (Å²) in [4.78, 5) is 58.0. The summed E-state index contributed by atoms with van der Waals surface area (Å²) in [5.74, 6) is -1.83. The SMILES string of the molecule is Cc1ccc(CCN2C(=O)COC2c2cn(-c3ccc(Cl)cc3)nc2-c2ccc(F)cc2)cc1.Cc1ccc(CCN2C(=O)COC2c2cn(-c3ccc(F)c(C)c3)nc2-c2ccc(F)cc2)cc1.Cc1ccc(CCN2C(=O)COC2c2cn(-c3ccc(F)c(C)c3)nc2-c2ccoc2)cc1.Cc1ccc(CCN2C(=O)COC2c2cn(-c3ccc(I)cc3)nc2-c2ccc(F)cc2)cc1. The minimum Gasteiger partial charge on any atom is -0.472 e. The Morgan fingerprint density at radius 1 is 0.324 bits per heavy atom.